The minimum atomic E-state index is 0.496. The number of piperidine rings is 1. The lowest BCUT2D eigenvalue weighted by Crippen LogP contribution is -2.50. The Morgan fingerprint density at radius 2 is 1.89 bits per heavy atom. The molecule has 3 heterocycles. The van der Waals surface area contributed by atoms with Gasteiger partial charge in [0.2, 0.25) is 0 Å². The fourth-order valence-corrected chi connectivity index (χ4v) is 5.91. The predicted octanol–water partition coefficient (Wildman–Crippen LogP) is 2.98. The van der Waals surface area contributed by atoms with E-state index in [2.05, 4.69) is 42.9 Å². The van der Waals surface area contributed by atoms with Gasteiger partial charge in [-0.25, -0.2) is 0 Å². The molecule has 2 bridgehead atoms. The van der Waals surface area contributed by atoms with Gasteiger partial charge in [0, 0.05) is 23.9 Å². The molecule has 3 aliphatic heterocycles. The summed E-state index contributed by atoms with van der Waals surface area (Å²) in [4.78, 5) is 2.65. The highest BCUT2D eigenvalue weighted by Gasteiger charge is 2.39. The van der Waals surface area contributed by atoms with Gasteiger partial charge in [0.1, 0.15) is 0 Å². The Balaban J connectivity index is 1.50. The van der Waals surface area contributed by atoms with Gasteiger partial charge < -0.3 is 10.2 Å². The van der Waals surface area contributed by atoms with Crippen LogP contribution in [0.5, 0.6) is 0 Å². The molecule has 3 rings (SSSR count). The molecule has 3 saturated heterocycles. The Hall–Kier alpha value is 0.270. The first-order chi connectivity index (χ1) is 9.06. The van der Waals surface area contributed by atoms with Crippen molar-refractivity contribution in [3.05, 3.63) is 0 Å². The van der Waals surface area contributed by atoms with Crippen LogP contribution in [-0.2, 0) is 0 Å². The summed E-state index contributed by atoms with van der Waals surface area (Å²) in [6.45, 7) is 6.15. The topological polar surface area (TPSA) is 15.3 Å². The third kappa shape index (κ3) is 2.98. The van der Waals surface area contributed by atoms with E-state index >= 15 is 0 Å². The van der Waals surface area contributed by atoms with E-state index in [0.717, 1.165) is 24.0 Å². The Bertz CT molecular complexity index is 304. The van der Waals surface area contributed by atoms with Gasteiger partial charge in [-0.05, 0) is 62.8 Å². The molecule has 0 amide bonds. The highest BCUT2D eigenvalue weighted by Crippen LogP contribution is 2.38. The van der Waals surface area contributed by atoms with Crippen molar-refractivity contribution in [2.45, 2.75) is 64.1 Å². The first-order valence-electron chi connectivity index (χ1n) is 8.09. The van der Waals surface area contributed by atoms with Crippen LogP contribution in [0, 0.1) is 11.3 Å². The number of thioether (sulfide) groups is 1. The second-order valence-electron chi connectivity index (χ2n) is 7.66. The van der Waals surface area contributed by atoms with Crippen LogP contribution < -0.4 is 5.32 Å². The quantitative estimate of drug-likeness (QED) is 0.857. The zero-order valence-corrected chi connectivity index (χ0v) is 13.6. The molecule has 2 nitrogen and oxygen atoms in total. The van der Waals surface area contributed by atoms with Gasteiger partial charge in [-0.15, -0.1) is 0 Å². The normalized spacial score (nSPS) is 42.5. The van der Waals surface area contributed by atoms with Crippen molar-refractivity contribution in [1.29, 1.82) is 0 Å². The third-order valence-electron chi connectivity index (χ3n) is 5.97. The summed E-state index contributed by atoms with van der Waals surface area (Å²) in [5, 5.41) is 3.93. The van der Waals surface area contributed by atoms with E-state index in [-0.39, 0.29) is 0 Å². The lowest BCUT2D eigenvalue weighted by molar-refractivity contribution is 0.126. The Kier molecular flexibility index (Phi) is 4.17. The number of nitrogens with one attached hydrogen (secondary N) is 1. The van der Waals surface area contributed by atoms with Crippen LogP contribution in [0.4, 0.5) is 0 Å². The molecule has 3 unspecified atom stereocenters. The monoisotopic (exact) mass is 282 g/mol. The Morgan fingerprint density at radius 1 is 1.21 bits per heavy atom. The minimum Gasteiger partial charge on any atom is -0.312 e. The maximum Gasteiger partial charge on any atom is 0.0209 e. The van der Waals surface area contributed by atoms with E-state index in [1.165, 1.54) is 50.2 Å². The molecule has 0 aromatic heterocycles. The minimum absolute atomic E-state index is 0.496. The van der Waals surface area contributed by atoms with Crippen molar-refractivity contribution in [2.75, 3.05) is 25.1 Å². The van der Waals surface area contributed by atoms with Crippen LogP contribution in [0.2, 0.25) is 0 Å². The number of fused-ring (bicyclic) bond motifs is 2. The van der Waals surface area contributed by atoms with Crippen LogP contribution in [-0.4, -0.2) is 48.1 Å². The van der Waals surface area contributed by atoms with Crippen molar-refractivity contribution in [1.82, 2.24) is 10.2 Å². The van der Waals surface area contributed by atoms with Gasteiger partial charge in [-0.2, -0.15) is 11.8 Å². The second kappa shape index (κ2) is 5.57. The second-order valence-corrected chi connectivity index (χ2v) is 8.81. The molecular formula is C16H30N2S. The lowest BCUT2D eigenvalue weighted by Gasteiger charge is -2.41. The number of hydrogen-bond acceptors (Lipinski definition) is 3. The maximum atomic E-state index is 3.93. The molecule has 19 heavy (non-hydrogen) atoms. The number of rotatable bonds is 3. The molecule has 3 atom stereocenters. The summed E-state index contributed by atoms with van der Waals surface area (Å²) in [5.74, 6) is 3.59. The molecular weight excluding hydrogens is 252 g/mol. The molecule has 1 N–H and O–H groups in total. The van der Waals surface area contributed by atoms with E-state index in [1.54, 1.807) is 0 Å². The highest BCUT2D eigenvalue weighted by atomic mass is 32.2. The van der Waals surface area contributed by atoms with Crippen LogP contribution in [0.15, 0.2) is 0 Å². The van der Waals surface area contributed by atoms with Gasteiger partial charge in [-0.1, -0.05) is 13.8 Å². The summed E-state index contributed by atoms with van der Waals surface area (Å²) in [6, 6.07) is 2.50. The van der Waals surface area contributed by atoms with E-state index < -0.39 is 0 Å². The van der Waals surface area contributed by atoms with Gasteiger partial charge in [-0.3, -0.25) is 0 Å². The van der Waals surface area contributed by atoms with Crippen LogP contribution in [0.25, 0.3) is 0 Å². The maximum absolute atomic E-state index is 3.93. The zero-order valence-electron chi connectivity index (χ0n) is 12.8. The molecule has 0 radical (unpaired) electrons. The fraction of sp³-hybridized carbons (Fsp3) is 1.00. The number of nitrogens with zero attached hydrogens (tertiary/aromatic N) is 1. The molecule has 110 valence electrons. The van der Waals surface area contributed by atoms with Crippen molar-refractivity contribution < 1.29 is 0 Å². The van der Waals surface area contributed by atoms with Crippen LogP contribution in [0.1, 0.15) is 46.0 Å². The van der Waals surface area contributed by atoms with E-state index in [9.17, 15) is 0 Å². The first kappa shape index (κ1) is 14.2. The molecule has 0 aromatic carbocycles. The summed E-state index contributed by atoms with van der Waals surface area (Å²) in [7, 11) is 2.34. The van der Waals surface area contributed by atoms with Crippen molar-refractivity contribution in [2.24, 2.45) is 11.3 Å². The summed E-state index contributed by atoms with van der Waals surface area (Å²) in [6.07, 6.45) is 7.12. The highest BCUT2D eigenvalue weighted by molar-refractivity contribution is 7.99. The summed E-state index contributed by atoms with van der Waals surface area (Å²) in [5.41, 5.74) is 0.496. The van der Waals surface area contributed by atoms with E-state index in [4.69, 9.17) is 0 Å². The van der Waals surface area contributed by atoms with Crippen molar-refractivity contribution in [3.63, 3.8) is 0 Å². The van der Waals surface area contributed by atoms with E-state index in [0.29, 0.717) is 5.41 Å². The summed E-state index contributed by atoms with van der Waals surface area (Å²) < 4.78 is 0. The number of hydrogen-bond donors (Lipinski definition) is 1. The Morgan fingerprint density at radius 3 is 2.53 bits per heavy atom. The molecule has 3 heteroatoms. The molecule has 0 spiro atoms. The van der Waals surface area contributed by atoms with Crippen molar-refractivity contribution >= 4 is 11.8 Å². The smallest absolute Gasteiger partial charge is 0.0209 e. The largest absolute Gasteiger partial charge is 0.312 e. The fourth-order valence-electron chi connectivity index (χ4n) is 4.27. The third-order valence-corrected chi connectivity index (χ3v) is 7.03. The lowest BCUT2D eigenvalue weighted by atomic mass is 9.81. The molecule has 3 fully saturated rings. The Labute approximate surface area is 123 Å². The van der Waals surface area contributed by atoms with Gasteiger partial charge in [0.05, 0.1) is 0 Å². The SMILES string of the molecule is CN1C2CCC1CC(CNC1CSCCC1(C)C)C2. The standard InChI is InChI=1S/C16H30N2S/c1-16(2)6-7-19-11-15(16)17-10-12-8-13-4-5-14(9-12)18(13)3/h12-15,17H,4-11H2,1-3H3. The zero-order chi connectivity index (χ0) is 13.5. The van der Waals surface area contributed by atoms with Crippen LogP contribution >= 0.6 is 11.8 Å². The molecule has 0 saturated carbocycles. The average Bonchev–Trinajstić information content (AvgIpc) is 2.61. The first-order valence-corrected chi connectivity index (χ1v) is 9.25. The predicted molar refractivity (Wildman–Crippen MR) is 84.8 cm³/mol. The van der Waals surface area contributed by atoms with Gasteiger partial charge in [0.15, 0.2) is 0 Å². The van der Waals surface area contributed by atoms with Crippen LogP contribution in [0.3, 0.4) is 0 Å². The van der Waals surface area contributed by atoms with E-state index in [1.807, 2.05) is 0 Å². The van der Waals surface area contributed by atoms with Gasteiger partial charge in [0.25, 0.3) is 0 Å². The molecule has 0 aliphatic carbocycles. The molecule has 3 aliphatic rings. The average molecular weight is 282 g/mol. The summed E-state index contributed by atoms with van der Waals surface area (Å²) >= 11 is 2.14. The molecule has 0 aromatic rings. The van der Waals surface area contributed by atoms with Crippen molar-refractivity contribution in [3.8, 4) is 0 Å². The van der Waals surface area contributed by atoms with Gasteiger partial charge >= 0.3 is 0 Å².